The molecule has 0 heteroatoms. The molecule has 1 unspecified atom stereocenters. The highest BCUT2D eigenvalue weighted by molar-refractivity contribution is 5.44. The zero-order valence-corrected chi connectivity index (χ0v) is 25.5. The van der Waals surface area contributed by atoms with Gasteiger partial charge in [-0.3, -0.25) is 0 Å². The number of benzene rings is 1. The van der Waals surface area contributed by atoms with Crippen LogP contribution in [0.5, 0.6) is 0 Å². The third kappa shape index (κ3) is 6.43. The molecule has 3 aliphatic carbocycles. The number of hydrogen-bond acceptors (Lipinski definition) is 0. The second-order valence-corrected chi connectivity index (χ2v) is 15.1. The molecule has 1 aromatic rings. The normalized spacial score (nSPS) is 33.0. The Kier molecular flexibility index (Phi) is 9.37. The Bertz CT molecular complexity index is 814. The quantitative estimate of drug-likeness (QED) is 0.370. The molecule has 0 N–H and O–H groups in total. The lowest BCUT2D eigenvalue weighted by Crippen LogP contribution is -2.26. The van der Waals surface area contributed by atoms with Gasteiger partial charge in [0.25, 0.3) is 0 Å². The second-order valence-electron chi connectivity index (χ2n) is 15.1. The Morgan fingerprint density at radius 3 is 1.61 bits per heavy atom. The highest BCUT2D eigenvalue weighted by Crippen LogP contribution is 2.48. The zero-order valence-electron chi connectivity index (χ0n) is 25.5. The Morgan fingerprint density at radius 1 is 0.694 bits per heavy atom. The molecule has 4 rings (SSSR count). The van der Waals surface area contributed by atoms with Crippen molar-refractivity contribution in [1.82, 2.24) is 0 Å². The summed E-state index contributed by atoms with van der Waals surface area (Å²) >= 11 is 0. The van der Waals surface area contributed by atoms with E-state index in [9.17, 15) is 0 Å². The summed E-state index contributed by atoms with van der Waals surface area (Å²) in [5, 5.41) is 0. The largest absolute Gasteiger partial charge is 0.0651 e. The van der Waals surface area contributed by atoms with Crippen molar-refractivity contribution in [2.45, 2.75) is 157 Å². The van der Waals surface area contributed by atoms with E-state index in [4.69, 9.17) is 0 Å². The second kappa shape index (κ2) is 11.9. The van der Waals surface area contributed by atoms with Gasteiger partial charge in [0.05, 0.1) is 0 Å². The van der Waals surface area contributed by atoms with Gasteiger partial charge in [0, 0.05) is 0 Å². The highest BCUT2D eigenvalue weighted by atomic mass is 14.4. The van der Waals surface area contributed by atoms with E-state index in [0.717, 1.165) is 47.3 Å². The van der Waals surface area contributed by atoms with Crippen LogP contribution in [-0.4, -0.2) is 0 Å². The molecule has 0 amide bonds. The fourth-order valence-electron chi connectivity index (χ4n) is 8.54. The molecule has 0 bridgehead atoms. The van der Waals surface area contributed by atoms with Gasteiger partial charge in [-0.25, -0.2) is 0 Å². The average Bonchev–Trinajstić information content (AvgIpc) is 2.88. The van der Waals surface area contributed by atoms with E-state index in [-0.39, 0.29) is 0 Å². The fraction of sp³-hybridized carbons (Fsp3) is 0.833. The van der Waals surface area contributed by atoms with Crippen molar-refractivity contribution in [3.05, 3.63) is 34.4 Å². The standard InChI is InChI=1S/C36H60/c1-9-27-10-12-30(13-11-27)34-22-32(29-16-14-28(15-17-29)25(4)24(2)3)23-35(26(34)5)31-18-20-33(21-19-31)36(6,7)8/h22-25,27-31,33H,9-21H2,1-8H3. The van der Waals surface area contributed by atoms with Gasteiger partial charge in [-0.15, -0.1) is 0 Å². The van der Waals surface area contributed by atoms with Gasteiger partial charge in [-0.2, -0.15) is 0 Å². The van der Waals surface area contributed by atoms with E-state index < -0.39 is 0 Å². The maximum Gasteiger partial charge on any atom is -0.0159 e. The minimum atomic E-state index is 0.469. The molecule has 0 spiro atoms. The van der Waals surface area contributed by atoms with Crippen LogP contribution < -0.4 is 0 Å². The van der Waals surface area contributed by atoms with E-state index in [1.165, 1.54) is 83.5 Å². The van der Waals surface area contributed by atoms with Crippen LogP contribution in [0.4, 0.5) is 0 Å². The van der Waals surface area contributed by atoms with Crippen molar-refractivity contribution in [2.75, 3.05) is 0 Å². The molecule has 36 heavy (non-hydrogen) atoms. The van der Waals surface area contributed by atoms with E-state index in [1.54, 1.807) is 22.3 Å². The van der Waals surface area contributed by atoms with Crippen LogP contribution in [0.1, 0.15) is 172 Å². The van der Waals surface area contributed by atoms with E-state index in [0.29, 0.717) is 5.41 Å². The minimum Gasteiger partial charge on any atom is -0.0651 e. The van der Waals surface area contributed by atoms with Gasteiger partial charge in [0.2, 0.25) is 0 Å². The van der Waals surface area contributed by atoms with Crippen LogP contribution in [0.3, 0.4) is 0 Å². The summed E-state index contributed by atoms with van der Waals surface area (Å²) in [7, 11) is 0. The summed E-state index contributed by atoms with van der Waals surface area (Å²) in [6.45, 7) is 19.7. The molecule has 3 aliphatic rings. The van der Waals surface area contributed by atoms with E-state index >= 15 is 0 Å². The van der Waals surface area contributed by atoms with Gasteiger partial charge in [-0.1, -0.05) is 67.0 Å². The van der Waals surface area contributed by atoms with Crippen molar-refractivity contribution >= 4 is 0 Å². The summed E-state index contributed by atoms with van der Waals surface area (Å²) in [5.74, 6) is 6.95. The summed E-state index contributed by atoms with van der Waals surface area (Å²) in [5.41, 5.74) is 7.44. The fourth-order valence-corrected chi connectivity index (χ4v) is 8.54. The van der Waals surface area contributed by atoms with E-state index in [1.807, 2.05) is 0 Å². The predicted molar refractivity (Wildman–Crippen MR) is 159 cm³/mol. The van der Waals surface area contributed by atoms with Crippen LogP contribution in [0.25, 0.3) is 0 Å². The molecule has 1 atom stereocenters. The molecule has 0 nitrogen and oxygen atoms in total. The summed E-state index contributed by atoms with van der Waals surface area (Å²) in [4.78, 5) is 0. The Hall–Kier alpha value is -0.780. The average molecular weight is 493 g/mol. The molecule has 0 aromatic heterocycles. The molecular weight excluding hydrogens is 432 g/mol. The molecule has 3 fully saturated rings. The third-order valence-electron chi connectivity index (χ3n) is 11.8. The molecule has 0 radical (unpaired) electrons. The van der Waals surface area contributed by atoms with Gasteiger partial charge in [-0.05, 0) is 159 Å². The molecule has 0 saturated heterocycles. The van der Waals surface area contributed by atoms with Crippen LogP contribution >= 0.6 is 0 Å². The molecule has 204 valence electrons. The van der Waals surface area contributed by atoms with E-state index in [2.05, 4.69) is 67.5 Å². The summed E-state index contributed by atoms with van der Waals surface area (Å²) < 4.78 is 0. The van der Waals surface area contributed by atoms with Crippen LogP contribution in [-0.2, 0) is 0 Å². The molecule has 0 aliphatic heterocycles. The topological polar surface area (TPSA) is 0 Å². The maximum absolute atomic E-state index is 2.75. The number of rotatable bonds is 6. The van der Waals surface area contributed by atoms with Crippen LogP contribution in [0, 0.1) is 41.9 Å². The molecule has 0 heterocycles. The third-order valence-corrected chi connectivity index (χ3v) is 11.8. The Morgan fingerprint density at radius 2 is 1.17 bits per heavy atom. The lowest BCUT2D eigenvalue weighted by atomic mass is 9.66. The van der Waals surface area contributed by atoms with Crippen molar-refractivity contribution in [2.24, 2.45) is 35.0 Å². The Labute approximate surface area is 225 Å². The zero-order chi connectivity index (χ0) is 26.0. The molecular formula is C36H60. The van der Waals surface area contributed by atoms with Crippen LogP contribution in [0.15, 0.2) is 12.1 Å². The maximum atomic E-state index is 2.75. The smallest absolute Gasteiger partial charge is 0.0159 e. The predicted octanol–water partition coefficient (Wildman–Crippen LogP) is 11.6. The first-order chi connectivity index (χ1) is 17.1. The molecule has 1 aromatic carbocycles. The minimum absolute atomic E-state index is 0.469. The van der Waals surface area contributed by atoms with Gasteiger partial charge in [0.1, 0.15) is 0 Å². The lowest BCUT2D eigenvalue weighted by molar-refractivity contribution is 0.169. The van der Waals surface area contributed by atoms with Gasteiger partial charge in [0.15, 0.2) is 0 Å². The van der Waals surface area contributed by atoms with Gasteiger partial charge >= 0.3 is 0 Å². The lowest BCUT2D eigenvalue weighted by Gasteiger charge is -2.39. The number of hydrogen-bond donors (Lipinski definition) is 0. The molecule has 3 saturated carbocycles. The first kappa shape index (κ1) is 28.2. The summed E-state index contributed by atoms with van der Waals surface area (Å²) in [6, 6.07) is 5.49. The first-order valence-electron chi connectivity index (χ1n) is 16.2. The van der Waals surface area contributed by atoms with Gasteiger partial charge < -0.3 is 0 Å². The monoisotopic (exact) mass is 492 g/mol. The summed E-state index contributed by atoms with van der Waals surface area (Å²) in [6.07, 6.45) is 18.5. The van der Waals surface area contributed by atoms with Crippen molar-refractivity contribution in [1.29, 1.82) is 0 Å². The first-order valence-corrected chi connectivity index (χ1v) is 16.2. The van der Waals surface area contributed by atoms with Crippen molar-refractivity contribution in [3.8, 4) is 0 Å². The van der Waals surface area contributed by atoms with Crippen molar-refractivity contribution < 1.29 is 0 Å². The highest BCUT2D eigenvalue weighted by Gasteiger charge is 2.33. The van der Waals surface area contributed by atoms with Crippen molar-refractivity contribution in [3.63, 3.8) is 0 Å². The Balaban J connectivity index is 1.57. The van der Waals surface area contributed by atoms with Crippen LogP contribution in [0.2, 0.25) is 0 Å². The SMILES string of the molecule is CCC1CCC(c2cc(C3CCC(C(C)C(C)C)CC3)cc(C3CCC(C(C)(C)C)CC3)c2C)CC1.